The van der Waals surface area contributed by atoms with Gasteiger partial charge < -0.3 is 19.4 Å². The first-order valence-corrected chi connectivity index (χ1v) is 9.12. The van der Waals surface area contributed by atoms with Gasteiger partial charge in [-0.15, -0.1) is 0 Å². The summed E-state index contributed by atoms with van der Waals surface area (Å²) in [7, 11) is 2.01. The number of hydrogen-bond acceptors (Lipinski definition) is 6. The third kappa shape index (κ3) is 4.50. The van der Waals surface area contributed by atoms with Crippen molar-refractivity contribution >= 4 is 0 Å². The van der Waals surface area contributed by atoms with Crippen LogP contribution in [0.25, 0.3) is 0 Å². The van der Waals surface area contributed by atoms with E-state index in [1.165, 1.54) is 5.56 Å². The van der Waals surface area contributed by atoms with Crippen molar-refractivity contribution in [2.24, 2.45) is 7.05 Å². The molecule has 7 heteroatoms. The van der Waals surface area contributed by atoms with Crippen molar-refractivity contribution in [1.82, 2.24) is 24.8 Å². The van der Waals surface area contributed by atoms with Crippen LogP contribution in [0.2, 0.25) is 0 Å². The first-order chi connectivity index (χ1) is 13.3. The Kier molecular flexibility index (Phi) is 5.41. The Bertz CT molecular complexity index is 850. The summed E-state index contributed by atoms with van der Waals surface area (Å²) in [5.41, 5.74) is 2.34. The van der Waals surface area contributed by atoms with Crippen LogP contribution >= 0.6 is 0 Å². The molecule has 1 fully saturated rings. The number of nitrogens with zero attached hydrogens (tertiary/aromatic N) is 4. The quantitative estimate of drug-likeness (QED) is 0.724. The summed E-state index contributed by atoms with van der Waals surface area (Å²) in [6.07, 6.45) is 10.6. The van der Waals surface area contributed by atoms with E-state index in [2.05, 4.69) is 32.4 Å². The highest BCUT2D eigenvalue weighted by Gasteiger charge is 2.25. The minimum absolute atomic E-state index is 0.103. The van der Waals surface area contributed by atoms with Gasteiger partial charge in [0, 0.05) is 38.6 Å². The lowest BCUT2D eigenvalue weighted by molar-refractivity contribution is -0.00404. The van der Waals surface area contributed by atoms with E-state index in [1.54, 1.807) is 18.6 Å². The van der Waals surface area contributed by atoms with Gasteiger partial charge in [-0.2, -0.15) is 0 Å². The van der Waals surface area contributed by atoms with E-state index in [9.17, 15) is 0 Å². The molecule has 0 unspecified atom stereocenters. The number of aromatic nitrogens is 4. The van der Waals surface area contributed by atoms with Crippen molar-refractivity contribution in [2.75, 3.05) is 6.61 Å². The molecule has 0 aliphatic carbocycles. The van der Waals surface area contributed by atoms with Crippen LogP contribution in [0.4, 0.5) is 0 Å². The number of rotatable bonds is 6. The first-order valence-electron chi connectivity index (χ1n) is 9.12. The largest absolute Gasteiger partial charge is 0.438 e. The molecule has 1 N–H and O–H groups in total. The fraction of sp³-hybridized carbons (Fsp3) is 0.350. The van der Waals surface area contributed by atoms with Gasteiger partial charge >= 0.3 is 0 Å². The Hall–Kier alpha value is -2.77. The van der Waals surface area contributed by atoms with Crippen LogP contribution in [-0.4, -0.2) is 32.2 Å². The second-order valence-electron chi connectivity index (χ2n) is 6.68. The molecule has 7 nitrogen and oxygen atoms in total. The molecule has 1 saturated heterocycles. The zero-order chi connectivity index (χ0) is 18.5. The third-order valence-corrected chi connectivity index (χ3v) is 4.75. The first kappa shape index (κ1) is 17.6. The van der Waals surface area contributed by atoms with Gasteiger partial charge in [-0.05, 0) is 30.5 Å². The topological polar surface area (TPSA) is 74.1 Å². The Morgan fingerprint density at radius 1 is 1.19 bits per heavy atom. The van der Waals surface area contributed by atoms with E-state index < -0.39 is 0 Å². The van der Waals surface area contributed by atoms with Crippen LogP contribution in [0, 0.1) is 0 Å². The predicted octanol–water partition coefficient (Wildman–Crippen LogP) is 3.01. The minimum atomic E-state index is 0.103. The summed E-state index contributed by atoms with van der Waals surface area (Å²) < 4.78 is 13.6. The van der Waals surface area contributed by atoms with E-state index >= 15 is 0 Å². The van der Waals surface area contributed by atoms with Gasteiger partial charge in [0.1, 0.15) is 11.9 Å². The average Bonchev–Trinajstić information content (AvgIpc) is 3.14. The monoisotopic (exact) mass is 365 g/mol. The van der Waals surface area contributed by atoms with Crippen LogP contribution in [0.5, 0.6) is 11.6 Å². The highest BCUT2D eigenvalue weighted by Crippen LogP contribution is 2.28. The van der Waals surface area contributed by atoms with E-state index in [0.717, 1.165) is 37.4 Å². The molecule has 0 bridgehead atoms. The average molecular weight is 365 g/mol. The fourth-order valence-electron chi connectivity index (χ4n) is 3.26. The zero-order valence-corrected chi connectivity index (χ0v) is 15.3. The molecule has 2 aromatic heterocycles. The van der Waals surface area contributed by atoms with Crippen molar-refractivity contribution in [2.45, 2.75) is 31.5 Å². The summed E-state index contributed by atoms with van der Waals surface area (Å²) in [6.45, 7) is 1.58. The fourth-order valence-corrected chi connectivity index (χ4v) is 3.26. The molecule has 0 radical (unpaired) electrons. The standard InChI is InChI=1S/C20H23N5O2/c1-25-14-22-12-18(25)19-10-16(6-9-26-19)24-11-15-2-4-17(5-3-15)27-20-13-21-7-8-23-20/h2-5,7-8,12-14,16,19,24H,6,9-11H2,1H3/t16-,19-/m1/s1. The maximum absolute atomic E-state index is 5.93. The highest BCUT2D eigenvalue weighted by atomic mass is 16.5. The summed E-state index contributed by atoms with van der Waals surface area (Å²) in [5.74, 6) is 1.24. The molecule has 0 saturated carbocycles. The minimum Gasteiger partial charge on any atom is -0.438 e. The van der Waals surface area contributed by atoms with Crippen molar-refractivity contribution in [3.63, 3.8) is 0 Å². The SMILES string of the molecule is Cn1cncc1[C@H]1C[C@H](NCc2ccc(Oc3cnccn3)cc2)CCO1. The predicted molar refractivity (Wildman–Crippen MR) is 100 cm³/mol. The van der Waals surface area contributed by atoms with Crippen molar-refractivity contribution in [3.8, 4) is 11.6 Å². The molecule has 0 amide bonds. The van der Waals surface area contributed by atoms with Gasteiger partial charge in [0.25, 0.3) is 0 Å². The van der Waals surface area contributed by atoms with Gasteiger partial charge in [-0.25, -0.2) is 9.97 Å². The van der Waals surface area contributed by atoms with Crippen molar-refractivity contribution in [3.05, 3.63) is 66.6 Å². The van der Waals surface area contributed by atoms with E-state index in [-0.39, 0.29) is 6.10 Å². The number of aryl methyl sites for hydroxylation is 1. The molecule has 4 rings (SSSR count). The lowest BCUT2D eigenvalue weighted by Gasteiger charge is -2.30. The molecule has 140 valence electrons. The summed E-state index contributed by atoms with van der Waals surface area (Å²) in [5, 5.41) is 3.65. The zero-order valence-electron chi connectivity index (χ0n) is 15.3. The van der Waals surface area contributed by atoms with Gasteiger partial charge in [-0.1, -0.05) is 12.1 Å². The number of benzene rings is 1. The summed E-state index contributed by atoms with van der Waals surface area (Å²) in [4.78, 5) is 12.3. The van der Waals surface area contributed by atoms with Gasteiger partial charge in [0.15, 0.2) is 0 Å². The van der Waals surface area contributed by atoms with Crippen LogP contribution in [0.1, 0.15) is 30.2 Å². The van der Waals surface area contributed by atoms with E-state index in [0.29, 0.717) is 11.9 Å². The molecule has 3 heterocycles. The second-order valence-corrected chi connectivity index (χ2v) is 6.68. The van der Waals surface area contributed by atoms with Gasteiger partial charge in [-0.3, -0.25) is 4.98 Å². The van der Waals surface area contributed by atoms with Crippen LogP contribution < -0.4 is 10.1 Å². The number of nitrogens with one attached hydrogen (secondary N) is 1. The van der Waals surface area contributed by atoms with Crippen LogP contribution in [0.15, 0.2) is 55.4 Å². The Morgan fingerprint density at radius 2 is 2.07 bits per heavy atom. The summed E-state index contributed by atoms with van der Waals surface area (Å²) in [6, 6.07) is 8.46. The highest BCUT2D eigenvalue weighted by molar-refractivity contribution is 5.29. The van der Waals surface area contributed by atoms with Gasteiger partial charge in [0.2, 0.25) is 5.88 Å². The van der Waals surface area contributed by atoms with Gasteiger partial charge in [0.05, 0.1) is 24.4 Å². The Morgan fingerprint density at radius 3 is 2.81 bits per heavy atom. The molecule has 0 spiro atoms. The van der Waals surface area contributed by atoms with Crippen molar-refractivity contribution < 1.29 is 9.47 Å². The number of hydrogen-bond donors (Lipinski definition) is 1. The third-order valence-electron chi connectivity index (χ3n) is 4.75. The molecular weight excluding hydrogens is 342 g/mol. The smallest absolute Gasteiger partial charge is 0.237 e. The molecule has 3 aromatic rings. The maximum atomic E-state index is 5.93. The van der Waals surface area contributed by atoms with Crippen LogP contribution in [0.3, 0.4) is 0 Å². The summed E-state index contributed by atoms with van der Waals surface area (Å²) >= 11 is 0. The second kappa shape index (κ2) is 8.28. The lowest BCUT2D eigenvalue weighted by Crippen LogP contribution is -2.36. The normalized spacial score (nSPS) is 19.7. The molecule has 27 heavy (non-hydrogen) atoms. The van der Waals surface area contributed by atoms with Crippen molar-refractivity contribution in [1.29, 1.82) is 0 Å². The van der Waals surface area contributed by atoms with E-state index in [1.807, 2.05) is 36.3 Å². The molecule has 1 aromatic carbocycles. The Labute approximate surface area is 158 Å². The van der Waals surface area contributed by atoms with Crippen LogP contribution in [-0.2, 0) is 18.3 Å². The van der Waals surface area contributed by atoms with E-state index in [4.69, 9.17) is 9.47 Å². The molecule has 2 atom stereocenters. The number of imidazole rings is 1. The lowest BCUT2D eigenvalue weighted by atomic mass is 10.0. The Balaban J connectivity index is 1.30. The molecule has 1 aliphatic heterocycles. The molecule has 1 aliphatic rings. The number of ether oxygens (including phenoxy) is 2. The molecular formula is C20H23N5O2. The maximum Gasteiger partial charge on any atom is 0.237 e.